The van der Waals surface area contributed by atoms with Crippen molar-refractivity contribution in [3.05, 3.63) is 29.8 Å². The molecule has 0 fully saturated rings. The van der Waals surface area contributed by atoms with E-state index in [1.54, 1.807) is 0 Å². The first-order valence-corrected chi connectivity index (χ1v) is 11.1. The number of carbonyl (C=O) groups excluding carboxylic acids is 1. The van der Waals surface area contributed by atoms with E-state index in [1.807, 2.05) is 38.1 Å². The van der Waals surface area contributed by atoms with Gasteiger partial charge in [-0.1, -0.05) is 96.5 Å². The van der Waals surface area contributed by atoms with Crippen molar-refractivity contribution in [3.63, 3.8) is 0 Å². The standard InChI is InChI=1S/C20H30Br2O3/c1-4-7-8-9-13-17(21)19(22)16-12-10-11-14-18(16)24-25-20(23)15(5-2)6-3/h10-12,14-15,17,19H,4-9,13H2,1-3H3. The molecule has 0 heterocycles. The Morgan fingerprint density at radius 1 is 1.04 bits per heavy atom. The summed E-state index contributed by atoms with van der Waals surface area (Å²) in [5, 5.41) is 0. The summed E-state index contributed by atoms with van der Waals surface area (Å²) in [6.45, 7) is 6.17. The molecule has 0 spiro atoms. The minimum absolute atomic E-state index is 0.0946. The third kappa shape index (κ3) is 7.69. The Morgan fingerprint density at radius 3 is 2.36 bits per heavy atom. The molecule has 0 saturated heterocycles. The van der Waals surface area contributed by atoms with Crippen LogP contribution in [0, 0.1) is 5.92 Å². The second-order valence-corrected chi connectivity index (χ2v) is 8.47. The summed E-state index contributed by atoms with van der Waals surface area (Å²) in [4.78, 5) is 22.9. The van der Waals surface area contributed by atoms with E-state index < -0.39 is 0 Å². The van der Waals surface area contributed by atoms with Crippen LogP contribution in [0.25, 0.3) is 0 Å². The first kappa shape index (κ1) is 22.5. The highest BCUT2D eigenvalue weighted by atomic mass is 79.9. The van der Waals surface area contributed by atoms with Crippen LogP contribution in [0.3, 0.4) is 0 Å². The predicted octanol–water partition coefficient (Wildman–Crippen LogP) is 7.13. The Hall–Kier alpha value is -0.550. The van der Waals surface area contributed by atoms with Crippen LogP contribution in [0.1, 0.15) is 76.1 Å². The van der Waals surface area contributed by atoms with Crippen LogP contribution in [0.4, 0.5) is 0 Å². The van der Waals surface area contributed by atoms with Crippen LogP contribution >= 0.6 is 31.9 Å². The van der Waals surface area contributed by atoms with E-state index in [2.05, 4.69) is 38.8 Å². The molecule has 5 heteroatoms. The number of alkyl halides is 2. The quantitative estimate of drug-likeness (QED) is 0.139. The maximum atomic E-state index is 12.0. The van der Waals surface area contributed by atoms with Gasteiger partial charge in [0.25, 0.3) is 0 Å². The van der Waals surface area contributed by atoms with Crippen molar-refractivity contribution in [1.82, 2.24) is 0 Å². The van der Waals surface area contributed by atoms with Gasteiger partial charge in [0.2, 0.25) is 0 Å². The summed E-state index contributed by atoms with van der Waals surface area (Å²) in [5.74, 6) is 0.164. The van der Waals surface area contributed by atoms with Crippen molar-refractivity contribution in [1.29, 1.82) is 0 Å². The molecule has 0 N–H and O–H groups in total. The van der Waals surface area contributed by atoms with E-state index in [9.17, 15) is 4.79 Å². The lowest BCUT2D eigenvalue weighted by molar-refractivity contribution is -0.219. The van der Waals surface area contributed by atoms with Gasteiger partial charge >= 0.3 is 5.97 Å². The largest absolute Gasteiger partial charge is 0.358 e. The molecule has 0 aliphatic heterocycles. The Morgan fingerprint density at radius 2 is 1.72 bits per heavy atom. The summed E-state index contributed by atoms with van der Waals surface area (Å²) in [5.41, 5.74) is 0.984. The molecule has 1 aromatic rings. The number of halogens is 2. The van der Waals surface area contributed by atoms with Crippen molar-refractivity contribution in [2.45, 2.75) is 75.4 Å². The van der Waals surface area contributed by atoms with Gasteiger partial charge in [0.05, 0.1) is 10.7 Å². The third-order valence-electron chi connectivity index (χ3n) is 4.40. The summed E-state index contributed by atoms with van der Waals surface area (Å²) >= 11 is 7.55. The minimum Gasteiger partial charge on any atom is -0.287 e. The van der Waals surface area contributed by atoms with Crippen LogP contribution in [-0.4, -0.2) is 10.8 Å². The van der Waals surface area contributed by atoms with Gasteiger partial charge in [-0.25, -0.2) is 4.79 Å². The zero-order chi connectivity index (χ0) is 18.7. The first-order valence-electron chi connectivity index (χ1n) is 9.30. The topological polar surface area (TPSA) is 35.5 Å². The number of unbranched alkanes of at least 4 members (excludes halogenated alkanes) is 3. The molecule has 0 saturated carbocycles. The lowest BCUT2D eigenvalue weighted by Gasteiger charge is -2.19. The average molecular weight is 478 g/mol. The van der Waals surface area contributed by atoms with Gasteiger partial charge in [-0.3, -0.25) is 9.78 Å². The van der Waals surface area contributed by atoms with Gasteiger partial charge in [-0.05, 0) is 25.3 Å². The van der Waals surface area contributed by atoms with Gasteiger partial charge in [0.1, 0.15) is 0 Å². The highest BCUT2D eigenvalue weighted by molar-refractivity contribution is 9.12. The van der Waals surface area contributed by atoms with Gasteiger partial charge in [-0.2, -0.15) is 0 Å². The highest BCUT2D eigenvalue weighted by Gasteiger charge is 2.23. The summed E-state index contributed by atoms with van der Waals surface area (Å²) in [6, 6.07) is 7.69. The lowest BCUT2D eigenvalue weighted by Crippen LogP contribution is -2.19. The number of para-hydroxylation sites is 1. The SMILES string of the molecule is CCCCCCC(Br)C(Br)c1ccccc1OOC(=O)C(CC)CC. The van der Waals surface area contributed by atoms with E-state index >= 15 is 0 Å². The van der Waals surface area contributed by atoms with E-state index in [0.29, 0.717) is 10.6 Å². The molecule has 0 radical (unpaired) electrons. The Balaban J connectivity index is 2.67. The van der Waals surface area contributed by atoms with Gasteiger partial charge in [-0.15, -0.1) is 0 Å². The first-order chi connectivity index (χ1) is 12.0. The maximum Gasteiger partial charge on any atom is 0.358 e. The van der Waals surface area contributed by atoms with Crippen molar-refractivity contribution in [3.8, 4) is 5.75 Å². The maximum absolute atomic E-state index is 12.0. The molecular formula is C20H30Br2O3. The van der Waals surface area contributed by atoms with E-state index in [1.165, 1.54) is 25.7 Å². The molecule has 2 unspecified atom stereocenters. The number of rotatable bonds is 12. The molecule has 0 amide bonds. The third-order valence-corrected chi connectivity index (χ3v) is 7.23. The van der Waals surface area contributed by atoms with Crippen molar-refractivity contribution < 1.29 is 14.6 Å². The number of carbonyl (C=O) groups is 1. The molecule has 142 valence electrons. The molecule has 0 aliphatic rings. The number of hydrogen-bond donors (Lipinski definition) is 0. The molecule has 25 heavy (non-hydrogen) atoms. The Bertz CT molecular complexity index is 503. The lowest BCUT2D eigenvalue weighted by atomic mass is 10.0. The second kappa shape index (κ2) is 12.7. The summed E-state index contributed by atoms with van der Waals surface area (Å²) < 4.78 is 0. The molecule has 0 bridgehead atoms. The van der Waals surface area contributed by atoms with Gasteiger partial charge < -0.3 is 0 Å². The van der Waals surface area contributed by atoms with E-state index in [0.717, 1.165) is 24.8 Å². The van der Waals surface area contributed by atoms with E-state index in [-0.39, 0.29) is 16.7 Å². The fourth-order valence-corrected chi connectivity index (χ4v) is 3.92. The fraction of sp³-hybridized carbons (Fsp3) is 0.650. The van der Waals surface area contributed by atoms with Crippen molar-refractivity contribution >= 4 is 37.8 Å². The molecule has 1 rings (SSSR count). The van der Waals surface area contributed by atoms with Gasteiger partial charge in [0.15, 0.2) is 5.75 Å². The molecule has 0 aromatic heterocycles. The van der Waals surface area contributed by atoms with Crippen LogP contribution in [0.2, 0.25) is 0 Å². The normalized spacial score (nSPS) is 13.5. The number of benzene rings is 1. The van der Waals surface area contributed by atoms with Crippen molar-refractivity contribution in [2.75, 3.05) is 0 Å². The highest BCUT2D eigenvalue weighted by Crippen LogP contribution is 2.39. The minimum atomic E-state index is -0.305. The van der Waals surface area contributed by atoms with Crippen LogP contribution in [0.5, 0.6) is 5.75 Å². The number of hydrogen-bond acceptors (Lipinski definition) is 3. The molecule has 2 atom stereocenters. The van der Waals surface area contributed by atoms with Gasteiger partial charge in [0, 0.05) is 10.4 Å². The van der Waals surface area contributed by atoms with Crippen LogP contribution in [-0.2, 0) is 9.68 Å². The molecule has 0 aliphatic carbocycles. The zero-order valence-corrected chi connectivity index (χ0v) is 18.6. The Labute approximate surface area is 169 Å². The van der Waals surface area contributed by atoms with Crippen molar-refractivity contribution in [2.24, 2.45) is 5.92 Å². The van der Waals surface area contributed by atoms with Crippen LogP contribution in [0.15, 0.2) is 24.3 Å². The summed E-state index contributed by atoms with van der Waals surface area (Å²) in [6.07, 6.45) is 7.55. The van der Waals surface area contributed by atoms with Crippen LogP contribution < -0.4 is 4.89 Å². The smallest absolute Gasteiger partial charge is 0.287 e. The fourth-order valence-electron chi connectivity index (χ4n) is 2.67. The zero-order valence-electron chi connectivity index (χ0n) is 15.5. The summed E-state index contributed by atoms with van der Waals surface area (Å²) in [7, 11) is 0. The monoisotopic (exact) mass is 476 g/mol. The Kier molecular flexibility index (Phi) is 11.5. The second-order valence-electron chi connectivity index (χ2n) is 6.30. The molecule has 1 aromatic carbocycles. The average Bonchev–Trinajstić information content (AvgIpc) is 2.64. The van der Waals surface area contributed by atoms with E-state index in [4.69, 9.17) is 9.78 Å². The molecule has 3 nitrogen and oxygen atoms in total. The molecular weight excluding hydrogens is 448 g/mol. The predicted molar refractivity (Wildman–Crippen MR) is 110 cm³/mol.